The lowest BCUT2D eigenvalue weighted by Crippen LogP contribution is -2.47. The molecule has 3 fully saturated rings. The molecule has 1 saturated carbocycles. The van der Waals surface area contributed by atoms with Gasteiger partial charge in [0.05, 0.1) is 37.1 Å². The molecule has 0 aromatic heterocycles. The zero-order valence-corrected chi connectivity index (χ0v) is 25.6. The van der Waals surface area contributed by atoms with Crippen molar-refractivity contribution in [1.29, 1.82) is 0 Å². The van der Waals surface area contributed by atoms with E-state index in [9.17, 15) is 24.3 Å². The predicted octanol–water partition coefficient (Wildman–Crippen LogP) is 3.60. The molecule has 2 aliphatic heterocycles. The molecule has 3 N–H and O–H groups in total. The van der Waals surface area contributed by atoms with Gasteiger partial charge in [-0.3, -0.25) is 14.4 Å². The van der Waals surface area contributed by atoms with Gasteiger partial charge in [0.1, 0.15) is 24.1 Å². The number of carboxylic acids is 1. The molecule has 11 heteroatoms. The fourth-order valence-corrected chi connectivity index (χ4v) is 5.98. The Morgan fingerprint density at radius 3 is 2.36 bits per heavy atom. The predicted molar refractivity (Wildman–Crippen MR) is 163 cm³/mol. The summed E-state index contributed by atoms with van der Waals surface area (Å²) in [5, 5.41) is 21.6. The van der Waals surface area contributed by atoms with Crippen molar-refractivity contribution in [3.63, 3.8) is 0 Å². The van der Waals surface area contributed by atoms with Crippen LogP contribution < -0.4 is 10.1 Å². The summed E-state index contributed by atoms with van der Waals surface area (Å²) in [6, 6.07) is 14.6. The van der Waals surface area contributed by atoms with Gasteiger partial charge in [0.25, 0.3) is 0 Å². The Bertz CT molecular complexity index is 1340. The van der Waals surface area contributed by atoms with Crippen LogP contribution in [0.4, 0.5) is 0 Å². The monoisotopic (exact) mass is 622 g/mol. The number of carbonyl (C=O) groups excluding carboxylic acids is 3. The number of aliphatic hydroxyl groups excluding tert-OH is 1. The summed E-state index contributed by atoms with van der Waals surface area (Å²) in [5.41, 5.74) is 2.54. The molecule has 0 spiro atoms. The van der Waals surface area contributed by atoms with Crippen molar-refractivity contribution in [3.05, 3.63) is 65.2 Å². The number of nitrogens with one attached hydrogen (secondary N) is 1. The highest BCUT2D eigenvalue weighted by molar-refractivity contribution is 5.89. The normalized spacial score (nSPS) is 21.8. The molecule has 2 aromatic rings. The smallest absolute Gasteiger partial charge is 0.338 e. The van der Waals surface area contributed by atoms with Gasteiger partial charge in [0.2, 0.25) is 11.8 Å². The first-order valence-electron chi connectivity index (χ1n) is 15.8. The third kappa shape index (κ3) is 8.61. The maximum atomic E-state index is 13.0. The van der Waals surface area contributed by atoms with Crippen molar-refractivity contribution in [2.24, 2.45) is 5.92 Å². The van der Waals surface area contributed by atoms with Crippen molar-refractivity contribution < 1.29 is 43.6 Å². The molecule has 0 unspecified atom stereocenters. The summed E-state index contributed by atoms with van der Waals surface area (Å²) in [7, 11) is 0. The summed E-state index contributed by atoms with van der Waals surface area (Å²) in [6.07, 6.45) is 3.17. The van der Waals surface area contributed by atoms with E-state index in [1.165, 1.54) is 23.3 Å². The number of aliphatic carboxylic acids is 1. The molecule has 2 saturated heterocycles. The second-order valence-corrected chi connectivity index (χ2v) is 12.2. The van der Waals surface area contributed by atoms with Crippen molar-refractivity contribution in [2.75, 3.05) is 26.3 Å². The van der Waals surface area contributed by atoms with E-state index in [1.807, 2.05) is 19.1 Å². The second kappa shape index (κ2) is 14.9. The summed E-state index contributed by atoms with van der Waals surface area (Å²) < 4.78 is 17.7. The molecule has 2 amide bonds. The highest BCUT2D eigenvalue weighted by Gasteiger charge is 2.32. The number of ether oxygens (including phenoxy) is 3. The van der Waals surface area contributed by atoms with E-state index >= 15 is 0 Å². The zero-order valence-electron chi connectivity index (χ0n) is 25.6. The van der Waals surface area contributed by atoms with Crippen LogP contribution in [0.25, 0.3) is 0 Å². The average Bonchev–Trinajstić information content (AvgIpc) is 3.75. The van der Waals surface area contributed by atoms with Crippen LogP contribution in [-0.4, -0.2) is 83.4 Å². The molecule has 45 heavy (non-hydrogen) atoms. The van der Waals surface area contributed by atoms with Gasteiger partial charge in [-0.25, -0.2) is 4.79 Å². The molecule has 5 atom stereocenters. The Morgan fingerprint density at radius 2 is 1.73 bits per heavy atom. The third-order valence-electron chi connectivity index (χ3n) is 8.67. The fraction of sp³-hybridized carbons (Fsp3) is 0.529. The van der Waals surface area contributed by atoms with E-state index < -0.39 is 55.1 Å². The van der Waals surface area contributed by atoms with Crippen molar-refractivity contribution in [1.82, 2.24) is 10.2 Å². The number of hydrogen-bond acceptors (Lipinski definition) is 8. The Labute approximate surface area is 262 Å². The van der Waals surface area contributed by atoms with E-state index in [0.29, 0.717) is 49.6 Å². The minimum absolute atomic E-state index is 0.138. The minimum atomic E-state index is -1.16. The molecule has 242 valence electrons. The molecule has 11 nitrogen and oxygen atoms in total. The number of esters is 1. The van der Waals surface area contributed by atoms with Crippen LogP contribution in [0.2, 0.25) is 0 Å². The fourth-order valence-electron chi connectivity index (χ4n) is 5.98. The van der Waals surface area contributed by atoms with E-state index in [1.54, 1.807) is 24.3 Å². The average molecular weight is 623 g/mol. The van der Waals surface area contributed by atoms with Crippen LogP contribution in [0, 0.1) is 5.92 Å². The van der Waals surface area contributed by atoms with Crippen LogP contribution in [-0.2, 0) is 23.9 Å². The SMILES string of the molecule is C[C@H](NC(=O)[C@H]1CCCO1)[C@H](Oc1ccc(C(=O)O[C@H]2CCCN(C(=O)[C@@H](CO)CC(=O)O)C2)cc1)c1ccc(C2CC2)cc1. The molecule has 2 heterocycles. The summed E-state index contributed by atoms with van der Waals surface area (Å²) >= 11 is 0. The van der Waals surface area contributed by atoms with Crippen molar-refractivity contribution >= 4 is 23.8 Å². The maximum absolute atomic E-state index is 13.0. The summed E-state index contributed by atoms with van der Waals surface area (Å²) in [5.74, 6) is -2.22. The Kier molecular flexibility index (Phi) is 10.7. The van der Waals surface area contributed by atoms with Gasteiger partial charge in [-0.2, -0.15) is 0 Å². The summed E-state index contributed by atoms with van der Waals surface area (Å²) in [4.78, 5) is 51.1. The second-order valence-electron chi connectivity index (χ2n) is 12.2. The number of amides is 2. The van der Waals surface area contributed by atoms with Crippen LogP contribution >= 0.6 is 0 Å². The first kappa shape index (κ1) is 32.4. The number of aliphatic hydroxyl groups is 1. The Morgan fingerprint density at radius 1 is 1.00 bits per heavy atom. The van der Waals surface area contributed by atoms with Gasteiger partial charge < -0.3 is 34.6 Å². The van der Waals surface area contributed by atoms with Gasteiger partial charge in [-0.15, -0.1) is 0 Å². The van der Waals surface area contributed by atoms with Crippen LogP contribution in [0.5, 0.6) is 5.75 Å². The largest absolute Gasteiger partial charge is 0.484 e. The van der Waals surface area contributed by atoms with Gasteiger partial charge in [-0.1, -0.05) is 24.3 Å². The molecule has 0 bridgehead atoms. The number of likely N-dealkylation sites (tertiary alicyclic amines) is 1. The molecule has 2 aromatic carbocycles. The van der Waals surface area contributed by atoms with Crippen molar-refractivity contribution in [3.8, 4) is 5.75 Å². The van der Waals surface area contributed by atoms with E-state index in [4.69, 9.17) is 19.3 Å². The minimum Gasteiger partial charge on any atom is -0.484 e. The zero-order chi connectivity index (χ0) is 31.9. The third-order valence-corrected chi connectivity index (χ3v) is 8.67. The molecule has 0 radical (unpaired) electrons. The number of carboxylic acid groups (broad SMARTS) is 1. The lowest BCUT2D eigenvalue weighted by Gasteiger charge is -2.34. The molecule has 5 rings (SSSR count). The number of nitrogens with zero attached hydrogens (tertiary/aromatic N) is 1. The first-order chi connectivity index (χ1) is 21.7. The highest BCUT2D eigenvalue weighted by Crippen LogP contribution is 2.40. The van der Waals surface area contributed by atoms with Crippen LogP contribution in [0.15, 0.2) is 48.5 Å². The first-order valence-corrected chi connectivity index (χ1v) is 15.8. The lowest BCUT2D eigenvalue weighted by atomic mass is 10.00. The van der Waals surface area contributed by atoms with Gasteiger partial charge in [0, 0.05) is 13.2 Å². The number of piperidine rings is 1. The molecular weight excluding hydrogens is 580 g/mol. The van der Waals surface area contributed by atoms with Gasteiger partial charge in [0.15, 0.2) is 0 Å². The summed E-state index contributed by atoms with van der Waals surface area (Å²) in [6.45, 7) is 2.47. The topological polar surface area (TPSA) is 152 Å². The molecular formula is C34H42N2O9. The number of rotatable bonds is 13. The number of hydrogen-bond donors (Lipinski definition) is 3. The number of carbonyl (C=O) groups is 4. The highest BCUT2D eigenvalue weighted by atomic mass is 16.5. The van der Waals surface area contributed by atoms with Gasteiger partial charge >= 0.3 is 11.9 Å². The standard InChI is InChI=1S/C34H42N2O9/c1-21(35-32(40)29-5-3-17-43-29)31(24-10-8-23(9-11-24)22-6-7-22)44-27-14-12-25(13-15-27)34(42)45-28-4-2-16-36(19-28)33(41)26(20-37)18-30(38)39/h8-15,21-22,26,28-29,31,37H,2-7,16-20H2,1H3,(H,35,40)(H,38,39)/t21-,26+,28-,29+,31-/m0/s1. The maximum Gasteiger partial charge on any atom is 0.338 e. The number of benzene rings is 2. The Balaban J connectivity index is 1.22. The van der Waals surface area contributed by atoms with E-state index in [2.05, 4.69) is 17.4 Å². The molecule has 1 aliphatic carbocycles. The van der Waals surface area contributed by atoms with Crippen LogP contribution in [0.3, 0.4) is 0 Å². The lowest BCUT2D eigenvalue weighted by molar-refractivity contribution is -0.147. The van der Waals surface area contributed by atoms with E-state index in [0.717, 1.165) is 12.0 Å². The van der Waals surface area contributed by atoms with Crippen LogP contribution in [0.1, 0.15) is 85.4 Å². The quantitative estimate of drug-likeness (QED) is 0.285. The molecule has 3 aliphatic rings. The Hall–Kier alpha value is -3.96. The van der Waals surface area contributed by atoms with Gasteiger partial charge in [-0.05, 0) is 86.8 Å². The van der Waals surface area contributed by atoms with Crippen molar-refractivity contribution in [2.45, 2.75) is 82.1 Å². The van der Waals surface area contributed by atoms with E-state index in [-0.39, 0.29) is 18.5 Å².